The Kier molecular flexibility index (Phi) is 5.01. The van der Waals surface area contributed by atoms with E-state index < -0.39 is 0 Å². The summed E-state index contributed by atoms with van der Waals surface area (Å²) in [5.41, 5.74) is 6.03. The summed E-state index contributed by atoms with van der Waals surface area (Å²) < 4.78 is 0. The van der Waals surface area contributed by atoms with Crippen molar-refractivity contribution in [3.8, 4) is 0 Å². The molecule has 1 unspecified atom stereocenters. The molecule has 1 saturated heterocycles. The zero-order valence-corrected chi connectivity index (χ0v) is 13.4. The maximum atomic E-state index is 12.2. The summed E-state index contributed by atoms with van der Waals surface area (Å²) in [6, 6.07) is 0.584. The molecule has 0 aromatic carbocycles. The molecule has 0 aromatic heterocycles. The van der Waals surface area contributed by atoms with Gasteiger partial charge in [0.05, 0.1) is 6.04 Å². The van der Waals surface area contributed by atoms with Crippen molar-refractivity contribution in [3.63, 3.8) is 0 Å². The molecule has 3 N–H and O–H groups in total. The molecule has 0 spiro atoms. The average molecular weight is 307 g/mol. The van der Waals surface area contributed by atoms with Gasteiger partial charge in [0.2, 0.25) is 11.8 Å². The lowest BCUT2D eigenvalue weighted by Gasteiger charge is -2.31. The minimum absolute atomic E-state index is 0.000413. The van der Waals surface area contributed by atoms with E-state index in [2.05, 4.69) is 5.32 Å². The van der Waals surface area contributed by atoms with Gasteiger partial charge in [-0.15, -0.1) is 0 Å². The van der Waals surface area contributed by atoms with Crippen LogP contribution in [0, 0.1) is 5.92 Å². The Morgan fingerprint density at radius 2 is 1.91 bits per heavy atom. The first-order chi connectivity index (χ1) is 10.6. The maximum absolute atomic E-state index is 12.2. The number of carbonyl (C=O) groups excluding carboxylic acids is 2. The largest absolute Gasteiger partial charge is 0.351 e. The van der Waals surface area contributed by atoms with E-state index in [1.54, 1.807) is 0 Å². The Bertz CT molecular complexity index is 420. The molecule has 0 radical (unpaired) electrons. The normalized spacial score (nSPS) is 33.4. The van der Waals surface area contributed by atoms with Crippen LogP contribution in [0.4, 0.5) is 0 Å². The molecule has 0 aromatic rings. The fourth-order valence-electron chi connectivity index (χ4n) is 4.42. The topological polar surface area (TPSA) is 75.4 Å². The van der Waals surface area contributed by atoms with Crippen molar-refractivity contribution >= 4 is 11.8 Å². The first-order valence-corrected chi connectivity index (χ1v) is 8.98. The first-order valence-electron chi connectivity index (χ1n) is 8.98. The standard InChI is InChI=1S/C17H29N3O2/c18-15-8-4-5-12(15)9-16(21)19-13-10-17(22)20(11-13)14-6-2-1-3-7-14/h12-15H,1-11,18H2,(H,19,21)/t12-,13?,15+/m0/s1. The number of nitrogens with zero attached hydrogens (tertiary/aromatic N) is 1. The second-order valence-corrected chi connectivity index (χ2v) is 7.37. The van der Waals surface area contributed by atoms with Crippen molar-refractivity contribution < 1.29 is 9.59 Å². The minimum atomic E-state index is -0.000413. The van der Waals surface area contributed by atoms with Crippen LogP contribution < -0.4 is 11.1 Å². The van der Waals surface area contributed by atoms with Gasteiger partial charge in [-0.2, -0.15) is 0 Å². The zero-order chi connectivity index (χ0) is 15.5. The number of hydrogen-bond donors (Lipinski definition) is 2. The van der Waals surface area contributed by atoms with E-state index in [1.165, 1.54) is 19.3 Å². The van der Waals surface area contributed by atoms with Crippen molar-refractivity contribution in [3.05, 3.63) is 0 Å². The smallest absolute Gasteiger partial charge is 0.225 e. The van der Waals surface area contributed by atoms with E-state index in [1.807, 2.05) is 4.90 Å². The Balaban J connectivity index is 1.47. The quantitative estimate of drug-likeness (QED) is 0.827. The summed E-state index contributed by atoms with van der Waals surface area (Å²) >= 11 is 0. The number of likely N-dealkylation sites (tertiary alicyclic amines) is 1. The van der Waals surface area contributed by atoms with Crippen molar-refractivity contribution in [2.75, 3.05) is 6.54 Å². The molecule has 0 bridgehead atoms. The van der Waals surface area contributed by atoms with Gasteiger partial charge in [0.25, 0.3) is 0 Å². The van der Waals surface area contributed by atoms with Crippen molar-refractivity contribution in [2.45, 2.75) is 82.3 Å². The average Bonchev–Trinajstić information content (AvgIpc) is 3.06. The molecule has 22 heavy (non-hydrogen) atoms. The highest BCUT2D eigenvalue weighted by Gasteiger charge is 2.36. The molecule has 1 aliphatic heterocycles. The molecule has 2 aliphatic carbocycles. The number of nitrogens with one attached hydrogen (secondary N) is 1. The minimum Gasteiger partial charge on any atom is -0.351 e. The molecule has 3 fully saturated rings. The van der Waals surface area contributed by atoms with Crippen LogP contribution >= 0.6 is 0 Å². The number of rotatable bonds is 4. The second-order valence-electron chi connectivity index (χ2n) is 7.37. The van der Waals surface area contributed by atoms with E-state index >= 15 is 0 Å². The van der Waals surface area contributed by atoms with Gasteiger partial charge in [-0.3, -0.25) is 9.59 Å². The van der Waals surface area contributed by atoms with Gasteiger partial charge in [0, 0.05) is 31.5 Å². The van der Waals surface area contributed by atoms with Gasteiger partial charge in [-0.1, -0.05) is 25.7 Å². The van der Waals surface area contributed by atoms with Crippen molar-refractivity contribution in [1.82, 2.24) is 10.2 Å². The molecule has 3 rings (SSSR count). The van der Waals surface area contributed by atoms with E-state index in [9.17, 15) is 9.59 Å². The fraction of sp³-hybridized carbons (Fsp3) is 0.882. The third-order valence-corrected chi connectivity index (χ3v) is 5.70. The number of hydrogen-bond acceptors (Lipinski definition) is 3. The monoisotopic (exact) mass is 307 g/mol. The predicted molar refractivity (Wildman–Crippen MR) is 85.1 cm³/mol. The van der Waals surface area contributed by atoms with Gasteiger partial charge in [-0.25, -0.2) is 0 Å². The summed E-state index contributed by atoms with van der Waals surface area (Å²) in [4.78, 5) is 26.4. The lowest BCUT2D eigenvalue weighted by molar-refractivity contribution is -0.130. The fourth-order valence-corrected chi connectivity index (χ4v) is 4.42. The summed E-state index contributed by atoms with van der Waals surface area (Å²) in [5.74, 6) is 0.618. The van der Waals surface area contributed by atoms with Crippen LogP contribution in [-0.4, -0.2) is 41.4 Å². The summed E-state index contributed by atoms with van der Waals surface area (Å²) in [5, 5.41) is 3.07. The Labute approximate surface area is 133 Å². The highest BCUT2D eigenvalue weighted by atomic mass is 16.2. The van der Waals surface area contributed by atoms with E-state index in [4.69, 9.17) is 5.73 Å². The SMILES string of the molecule is N[C@@H]1CCC[C@H]1CC(=O)NC1CC(=O)N(C2CCCCC2)C1. The molecule has 1 heterocycles. The first kappa shape index (κ1) is 15.8. The Morgan fingerprint density at radius 1 is 1.14 bits per heavy atom. The second kappa shape index (κ2) is 6.99. The molecule has 2 amide bonds. The summed E-state index contributed by atoms with van der Waals surface area (Å²) in [7, 11) is 0. The predicted octanol–water partition coefficient (Wildman–Crippen LogP) is 1.55. The van der Waals surface area contributed by atoms with Gasteiger partial charge < -0.3 is 16.0 Å². The van der Waals surface area contributed by atoms with Crippen LogP contribution in [0.1, 0.15) is 64.2 Å². The van der Waals surface area contributed by atoms with E-state index in [0.717, 1.165) is 32.1 Å². The van der Waals surface area contributed by atoms with Crippen LogP contribution in [0.2, 0.25) is 0 Å². The summed E-state index contributed by atoms with van der Waals surface area (Å²) in [6.45, 7) is 0.700. The number of amides is 2. The van der Waals surface area contributed by atoms with Gasteiger partial charge in [0.1, 0.15) is 0 Å². The lowest BCUT2D eigenvalue weighted by atomic mass is 9.94. The molecular formula is C17H29N3O2. The van der Waals surface area contributed by atoms with Crippen LogP contribution in [0.25, 0.3) is 0 Å². The van der Waals surface area contributed by atoms with E-state index in [0.29, 0.717) is 31.3 Å². The van der Waals surface area contributed by atoms with Gasteiger partial charge >= 0.3 is 0 Å². The van der Waals surface area contributed by atoms with Crippen LogP contribution in [0.15, 0.2) is 0 Å². The molecular weight excluding hydrogens is 278 g/mol. The number of carbonyl (C=O) groups is 2. The highest BCUT2D eigenvalue weighted by molar-refractivity contribution is 5.82. The van der Waals surface area contributed by atoms with E-state index in [-0.39, 0.29) is 23.9 Å². The number of nitrogens with two attached hydrogens (primary N) is 1. The Hall–Kier alpha value is -1.10. The molecule has 3 atom stereocenters. The molecule has 124 valence electrons. The van der Waals surface area contributed by atoms with Crippen LogP contribution in [-0.2, 0) is 9.59 Å². The lowest BCUT2D eigenvalue weighted by Crippen LogP contribution is -2.42. The van der Waals surface area contributed by atoms with Crippen LogP contribution in [0.3, 0.4) is 0 Å². The molecule has 5 heteroatoms. The molecule has 2 saturated carbocycles. The van der Waals surface area contributed by atoms with Crippen molar-refractivity contribution in [1.29, 1.82) is 0 Å². The van der Waals surface area contributed by atoms with Gasteiger partial charge in [-0.05, 0) is 31.6 Å². The maximum Gasteiger partial charge on any atom is 0.225 e. The third kappa shape index (κ3) is 3.62. The Morgan fingerprint density at radius 3 is 2.59 bits per heavy atom. The third-order valence-electron chi connectivity index (χ3n) is 5.70. The summed E-state index contributed by atoms with van der Waals surface area (Å²) in [6.07, 6.45) is 10.2. The van der Waals surface area contributed by atoms with Crippen LogP contribution in [0.5, 0.6) is 0 Å². The molecule has 3 aliphatic rings. The molecule has 5 nitrogen and oxygen atoms in total. The van der Waals surface area contributed by atoms with Crippen molar-refractivity contribution in [2.24, 2.45) is 11.7 Å². The highest BCUT2D eigenvalue weighted by Crippen LogP contribution is 2.28. The van der Waals surface area contributed by atoms with Gasteiger partial charge in [0.15, 0.2) is 0 Å². The zero-order valence-electron chi connectivity index (χ0n) is 13.4.